The van der Waals surface area contributed by atoms with Crippen LogP contribution in [0, 0.1) is 6.92 Å². The van der Waals surface area contributed by atoms with Crippen molar-refractivity contribution in [2.24, 2.45) is 5.73 Å². The van der Waals surface area contributed by atoms with Gasteiger partial charge in [-0.2, -0.15) is 9.61 Å². The maximum atomic E-state index is 6.22. The van der Waals surface area contributed by atoms with Crippen LogP contribution in [0.15, 0.2) is 12.1 Å². The van der Waals surface area contributed by atoms with Crippen LogP contribution in [0.3, 0.4) is 0 Å². The van der Waals surface area contributed by atoms with Gasteiger partial charge < -0.3 is 5.73 Å². The number of hydrogen-bond acceptors (Lipinski definition) is 4. The zero-order chi connectivity index (χ0) is 10.5. The fourth-order valence-corrected chi connectivity index (χ4v) is 1.97. The van der Waals surface area contributed by atoms with Gasteiger partial charge in [-0.3, -0.25) is 0 Å². The smallest absolute Gasteiger partial charge is 0.177 e. The minimum Gasteiger partial charge on any atom is -0.319 e. The first-order valence-electron chi connectivity index (χ1n) is 5.17. The van der Waals surface area contributed by atoms with E-state index in [4.69, 9.17) is 5.73 Å². The zero-order valence-electron chi connectivity index (χ0n) is 8.64. The molecule has 5 heteroatoms. The second-order valence-electron chi connectivity index (χ2n) is 4.28. The topological polar surface area (TPSA) is 69.1 Å². The number of hydrogen-bond donors (Lipinski definition) is 1. The van der Waals surface area contributed by atoms with Crippen LogP contribution < -0.4 is 5.73 Å². The first-order chi connectivity index (χ1) is 7.19. The van der Waals surface area contributed by atoms with Crippen LogP contribution >= 0.6 is 0 Å². The van der Waals surface area contributed by atoms with E-state index < -0.39 is 0 Å². The Kier molecular flexibility index (Phi) is 1.62. The maximum Gasteiger partial charge on any atom is 0.177 e. The minimum atomic E-state index is -0.305. The summed E-state index contributed by atoms with van der Waals surface area (Å²) in [5.41, 5.74) is 7.64. The molecule has 2 heterocycles. The van der Waals surface area contributed by atoms with Gasteiger partial charge in [0.25, 0.3) is 0 Å². The quantitative estimate of drug-likeness (QED) is 0.743. The van der Waals surface area contributed by atoms with Crippen LogP contribution in [0.2, 0.25) is 0 Å². The molecule has 0 radical (unpaired) electrons. The lowest BCUT2D eigenvalue weighted by Gasteiger charge is -2.35. The molecule has 0 unspecified atom stereocenters. The van der Waals surface area contributed by atoms with Crippen molar-refractivity contribution < 1.29 is 0 Å². The molecule has 0 saturated heterocycles. The second-order valence-corrected chi connectivity index (χ2v) is 4.28. The Morgan fingerprint density at radius 2 is 2.13 bits per heavy atom. The number of nitrogens with zero attached hydrogens (tertiary/aromatic N) is 4. The summed E-state index contributed by atoms with van der Waals surface area (Å²) >= 11 is 0. The molecule has 78 valence electrons. The highest BCUT2D eigenvalue weighted by Crippen LogP contribution is 2.37. The van der Waals surface area contributed by atoms with Crippen LogP contribution in [0.1, 0.15) is 30.8 Å². The predicted octanol–water partition coefficient (Wildman–Crippen LogP) is 0.771. The number of rotatable bonds is 1. The van der Waals surface area contributed by atoms with Gasteiger partial charge in [0.1, 0.15) is 0 Å². The average Bonchev–Trinajstić information content (AvgIpc) is 2.57. The Morgan fingerprint density at radius 1 is 1.33 bits per heavy atom. The standard InChI is InChI=1S/C10H13N5/c1-7-3-4-8-12-13-9(15(8)14-7)10(11)5-2-6-10/h3-4H,2,5-6,11H2,1H3. The molecule has 2 N–H and O–H groups in total. The number of aryl methyl sites for hydroxylation is 1. The van der Waals surface area contributed by atoms with Gasteiger partial charge in [-0.15, -0.1) is 10.2 Å². The van der Waals surface area contributed by atoms with Gasteiger partial charge in [-0.05, 0) is 38.3 Å². The number of aromatic nitrogens is 4. The van der Waals surface area contributed by atoms with Gasteiger partial charge in [0.05, 0.1) is 11.2 Å². The van der Waals surface area contributed by atoms with E-state index in [1.807, 2.05) is 19.1 Å². The molecular weight excluding hydrogens is 190 g/mol. The summed E-state index contributed by atoms with van der Waals surface area (Å²) in [7, 11) is 0. The molecule has 5 nitrogen and oxygen atoms in total. The molecule has 1 aliphatic rings. The van der Waals surface area contributed by atoms with Crippen LogP contribution in [-0.2, 0) is 5.54 Å². The molecule has 0 aromatic carbocycles. The van der Waals surface area contributed by atoms with E-state index in [0.29, 0.717) is 0 Å². The molecule has 0 amide bonds. The highest BCUT2D eigenvalue weighted by atomic mass is 15.4. The van der Waals surface area contributed by atoms with Crippen molar-refractivity contribution in [2.75, 3.05) is 0 Å². The predicted molar refractivity (Wildman–Crippen MR) is 55.2 cm³/mol. The van der Waals surface area contributed by atoms with Crippen LogP contribution in [0.4, 0.5) is 0 Å². The molecule has 0 spiro atoms. The molecule has 1 fully saturated rings. The van der Waals surface area contributed by atoms with Gasteiger partial charge in [0.15, 0.2) is 11.5 Å². The van der Waals surface area contributed by atoms with E-state index in [-0.39, 0.29) is 5.54 Å². The van der Waals surface area contributed by atoms with E-state index in [2.05, 4.69) is 15.3 Å². The van der Waals surface area contributed by atoms with Crippen molar-refractivity contribution in [3.63, 3.8) is 0 Å². The van der Waals surface area contributed by atoms with Crippen molar-refractivity contribution in [3.8, 4) is 0 Å². The second kappa shape index (κ2) is 2.76. The van der Waals surface area contributed by atoms with Crippen molar-refractivity contribution in [2.45, 2.75) is 31.7 Å². The third-order valence-corrected chi connectivity index (χ3v) is 3.09. The van der Waals surface area contributed by atoms with E-state index in [9.17, 15) is 0 Å². The van der Waals surface area contributed by atoms with Crippen LogP contribution in [0.25, 0.3) is 5.65 Å². The zero-order valence-corrected chi connectivity index (χ0v) is 8.64. The Hall–Kier alpha value is -1.49. The van der Waals surface area contributed by atoms with Crippen molar-refractivity contribution >= 4 is 5.65 Å². The van der Waals surface area contributed by atoms with Crippen LogP contribution in [-0.4, -0.2) is 19.8 Å². The summed E-state index contributed by atoms with van der Waals surface area (Å²) in [5.74, 6) is 0.799. The third kappa shape index (κ3) is 1.16. The number of fused-ring (bicyclic) bond motifs is 1. The van der Waals surface area contributed by atoms with Crippen molar-refractivity contribution in [3.05, 3.63) is 23.7 Å². The number of nitrogens with two attached hydrogens (primary N) is 1. The Morgan fingerprint density at radius 3 is 2.80 bits per heavy atom. The maximum absolute atomic E-state index is 6.22. The van der Waals surface area contributed by atoms with E-state index in [0.717, 1.165) is 36.4 Å². The lowest BCUT2D eigenvalue weighted by molar-refractivity contribution is 0.234. The van der Waals surface area contributed by atoms with Crippen molar-refractivity contribution in [1.29, 1.82) is 0 Å². The fourth-order valence-electron chi connectivity index (χ4n) is 1.97. The Balaban J connectivity index is 2.22. The fraction of sp³-hybridized carbons (Fsp3) is 0.500. The third-order valence-electron chi connectivity index (χ3n) is 3.09. The first kappa shape index (κ1) is 8.79. The van der Waals surface area contributed by atoms with Gasteiger partial charge in [-0.25, -0.2) is 0 Å². The normalized spacial score (nSPS) is 19.1. The molecule has 1 aliphatic carbocycles. The van der Waals surface area contributed by atoms with Gasteiger partial charge >= 0.3 is 0 Å². The lowest BCUT2D eigenvalue weighted by Crippen LogP contribution is -2.45. The van der Waals surface area contributed by atoms with Gasteiger partial charge in [0.2, 0.25) is 0 Å². The molecule has 15 heavy (non-hydrogen) atoms. The molecule has 2 aromatic rings. The summed E-state index contributed by atoms with van der Waals surface area (Å²) in [6.07, 6.45) is 3.12. The summed E-state index contributed by atoms with van der Waals surface area (Å²) in [4.78, 5) is 0. The largest absolute Gasteiger partial charge is 0.319 e. The molecule has 2 aromatic heterocycles. The molecule has 0 aliphatic heterocycles. The molecular formula is C10H13N5. The monoisotopic (exact) mass is 203 g/mol. The summed E-state index contributed by atoms with van der Waals surface area (Å²) in [6, 6.07) is 3.85. The van der Waals surface area contributed by atoms with E-state index >= 15 is 0 Å². The lowest BCUT2D eigenvalue weighted by atomic mass is 9.77. The molecule has 0 bridgehead atoms. The summed E-state index contributed by atoms with van der Waals surface area (Å²) < 4.78 is 1.77. The molecule has 1 saturated carbocycles. The minimum absolute atomic E-state index is 0.305. The van der Waals surface area contributed by atoms with E-state index in [1.165, 1.54) is 0 Å². The van der Waals surface area contributed by atoms with Crippen LogP contribution in [0.5, 0.6) is 0 Å². The molecule has 0 atom stereocenters. The summed E-state index contributed by atoms with van der Waals surface area (Å²) in [5, 5.41) is 12.6. The van der Waals surface area contributed by atoms with E-state index in [1.54, 1.807) is 4.52 Å². The Bertz CT molecular complexity index is 512. The average molecular weight is 203 g/mol. The van der Waals surface area contributed by atoms with Gasteiger partial charge in [-0.1, -0.05) is 0 Å². The van der Waals surface area contributed by atoms with Crippen molar-refractivity contribution in [1.82, 2.24) is 19.8 Å². The summed E-state index contributed by atoms with van der Waals surface area (Å²) in [6.45, 7) is 1.95. The Labute approximate surface area is 87.3 Å². The molecule has 3 rings (SSSR count). The highest BCUT2D eigenvalue weighted by Gasteiger charge is 2.39. The highest BCUT2D eigenvalue weighted by molar-refractivity contribution is 5.37. The van der Waals surface area contributed by atoms with Gasteiger partial charge in [0, 0.05) is 0 Å². The SMILES string of the molecule is Cc1ccc2nnc(C3(N)CCC3)n2n1. The first-order valence-corrected chi connectivity index (χ1v) is 5.17.